The molecule has 2 heterocycles. The van der Waals surface area contributed by atoms with Crippen molar-refractivity contribution in [2.75, 3.05) is 4.90 Å². The van der Waals surface area contributed by atoms with Gasteiger partial charge in [-0.15, -0.1) is 0 Å². The van der Waals surface area contributed by atoms with Gasteiger partial charge in [0.1, 0.15) is 5.82 Å². The number of anilines is 1. The maximum atomic E-state index is 4.40. The third kappa shape index (κ3) is 1.74. The van der Waals surface area contributed by atoms with Crippen LogP contribution in [0.5, 0.6) is 0 Å². The number of piperidine rings is 1. The number of aromatic nitrogens is 1. The Kier molecular flexibility index (Phi) is 2.71. The molecular formula is C12H17N2. The molecule has 2 rings (SSSR count). The number of hydrogen-bond donors (Lipinski definition) is 0. The summed E-state index contributed by atoms with van der Waals surface area (Å²) in [6.45, 7) is 4.56. The molecule has 1 fully saturated rings. The first-order valence-corrected chi connectivity index (χ1v) is 5.39. The number of rotatable bonds is 1. The molecule has 0 bridgehead atoms. The standard InChI is InChI=1S/C12H17N2/c1-10-6-5-7-11(2)14(10)12-8-3-4-9-13-12/h4,8-11H,5-7H2,1-2H3. The third-order valence-electron chi connectivity index (χ3n) is 3.05. The minimum Gasteiger partial charge on any atom is -0.351 e. The van der Waals surface area contributed by atoms with Crippen LogP contribution in [-0.2, 0) is 0 Å². The van der Waals surface area contributed by atoms with E-state index in [0.29, 0.717) is 12.1 Å². The van der Waals surface area contributed by atoms with Crippen molar-refractivity contribution in [3.05, 3.63) is 24.4 Å². The largest absolute Gasteiger partial charge is 0.351 e. The molecule has 1 saturated heterocycles. The molecule has 14 heavy (non-hydrogen) atoms. The fourth-order valence-electron chi connectivity index (χ4n) is 2.33. The predicted molar refractivity (Wildman–Crippen MR) is 58.3 cm³/mol. The molecule has 0 spiro atoms. The van der Waals surface area contributed by atoms with E-state index >= 15 is 0 Å². The SMILES string of the molecule is CC1CCCC(C)N1c1c[c]ccn1. The molecular weight excluding hydrogens is 172 g/mol. The molecule has 0 N–H and O–H groups in total. The summed E-state index contributed by atoms with van der Waals surface area (Å²) in [5, 5.41) is 0. The average Bonchev–Trinajstić information content (AvgIpc) is 2.19. The van der Waals surface area contributed by atoms with E-state index in [4.69, 9.17) is 0 Å². The van der Waals surface area contributed by atoms with Gasteiger partial charge in [-0.25, -0.2) is 4.98 Å². The predicted octanol–water partition coefficient (Wildman–Crippen LogP) is 2.65. The zero-order valence-corrected chi connectivity index (χ0v) is 8.90. The van der Waals surface area contributed by atoms with Crippen LogP contribution in [0.2, 0.25) is 0 Å². The fourth-order valence-corrected chi connectivity index (χ4v) is 2.33. The zero-order chi connectivity index (χ0) is 9.97. The Morgan fingerprint density at radius 2 is 2.07 bits per heavy atom. The summed E-state index contributed by atoms with van der Waals surface area (Å²) in [5.74, 6) is 1.08. The van der Waals surface area contributed by atoms with E-state index in [1.54, 1.807) is 0 Å². The van der Waals surface area contributed by atoms with Gasteiger partial charge < -0.3 is 4.90 Å². The van der Waals surface area contributed by atoms with Gasteiger partial charge in [-0.3, -0.25) is 0 Å². The van der Waals surface area contributed by atoms with Crippen LogP contribution in [0.25, 0.3) is 0 Å². The normalized spacial score (nSPS) is 27.7. The van der Waals surface area contributed by atoms with Gasteiger partial charge >= 0.3 is 0 Å². The number of nitrogens with zero attached hydrogens (tertiary/aromatic N) is 2. The van der Waals surface area contributed by atoms with E-state index in [0.717, 1.165) is 5.82 Å². The topological polar surface area (TPSA) is 16.1 Å². The smallest absolute Gasteiger partial charge is 0.129 e. The van der Waals surface area contributed by atoms with Crippen LogP contribution in [-0.4, -0.2) is 17.1 Å². The van der Waals surface area contributed by atoms with Gasteiger partial charge in [0.2, 0.25) is 0 Å². The van der Waals surface area contributed by atoms with Crippen molar-refractivity contribution in [2.24, 2.45) is 0 Å². The van der Waals surface area contributed by atoms with E-state index < -0.39 is 0 Å². The summed E-state index contributed by atoms with van der Waals surface area (Å²) in [6.07, 6.45) is 5.72. The van der Waals surface area contributed by atoms with Gasteiger partial charge in [-0.2, -0.15) is 0 Å². The third-order valence-corrected chi connectivity index (χ3v) is 3.05. The zero-order valence-electron chi connectivity index (χ0n) is 8.90. The Hall–Kier alpha value is -1.05. The van der Waals surface area contributed by atoms with Crippen LogP contribution in [0.4, 0.5) is 5.82 Å². The molecule has 1 aromatic rings. The quantitative estimate of drug-likeness (QED) is 0.675. The van der Waals surface area contributed by atoms with E-state index in [-0.39, 0.29) is 0 Å². The molecule has 2 atom stereocenters. The van der Waals surface area contributed by atoms with Crippen LogP contribution < -0.4 is 4.90 Å². The van der Waals surface area contributed by atoms with Crippen molar-refractivity contribution in [1.29, 1.82) is 0 Å². The lowest BCUT2D eigenvalue weighted by Gasteiger charge is -2.39. The van der Waals surface area contributed by atoms with Crippen molar-refractivity contribution in [2.45, 2.75) is 45.2 Å². The second-order valence-electron chi connectivity index (χ2n) is 4.15. The Morgan fingerprint density at radius 1 is 1.36 bits per heavy atom. The fraction of sp³-hybridized carbons (Fsp3) is 0.583. The summed E-state index contributed by atoms with van der Waals surface area (Å²) in [7, 11) is 0. The van der Waals surface area contributed by atoms with E-state index in [2.05, 4.69) is 29.8 Å². The van der Waals surface area contributed by atoms with Crippen LogP contribution in [0.15, 0.2) is 18.3 Å². The maximum Gasteiger partial charge on any atom is 0.129 e. The second-order valence-corrected chi connectivity index (χ2v) is 4.15. The molecule has 1 aliphatic heterocycles. The molecule has 2 unspecified atom stereocenters. The van der Waals surface area contributed by atoms with Crippen molar-refractivity contribution in [3.63, 3.8) is 0 Å². The summed E-state index contributed by atoms with van der Waals surface area (Å²) < 4.78 is 0. The lowest BCUT2D eigenvalue weighted by Crippen LogP contribution is -2.44. The second kappa shape index (κ2) is 3.99. The highest BCUT2D eigenvalue weighted by molar-refractivity contribution is 5.40. The van der Waals surface area contributed by atoms with Crippen molar-refractivity contribution in [3.8, 4) is 0 Å². The van der Waals surface area contributed by atoms with E-state index in [1.165, 1.54) is 19.3 Å². The molecule has 75 valence electrons. The van der Waals surface area contributed by atoms with Gasteiger partial charge in [-0.05, 0) is 51.3 Å². The van der Waals surface area contributed by atoms with Crippen LogP contribution in [0, 0.1) is 6.07 Å². The van der Waals surface area contributed by atoms with Crippen LogP contribution in [0.1, 0.15) is 33.1 Å². The van der Waals surface area contributed by atoms with E-state index in [1.807, 2.05) is 18.3 Å². The Balaban J connectivity index is 2.23. The minimum absolute atomic E-state index is 0.613. The molecule has 0 saturated carbocycles. The Labute approximate surface area is 86.0 Å². The Morgan fingerprint density at radius 3 is 2.64 bits per heavy atom. The van der Waals surface area contributed by atoms with Gasteiger partial charge in [-0.1, -0.05) is 0 Å². The molecule has 1 aromatic heterocycles. The van der Waals surface area contributed by atoms with Gasteiger partial charge in [0.05, 0.1) is 0 Å². The lowest BCUT2D eigenvalue weighted by molar-refractivity contribution is 0.411. The van der Waals surface area contributed by atoms with Crippen LogP contribution in [0.3, 0.4) is 0 Å². The first-order chi connectivity index (χ1) is 6.79. The minimum atomic E-state index is 0.613. The first kappa shape index (κ1) is 9.50. The molecule has 0 aliphatic carbocycles. The summed E-state index contributed by atoms with van der Waals surface area (Å²) in [6, 6.07) is 8.16. The highest BCUT2D eigenvalue weighted by atomic mass is 15.2. The molecule has 2 nitrogen and oxygen atoms in total. The van der Waals surface area contributed by atoms with Gasteiger partial charge in [0.25, 0.3) is 0 Å². The summed E-state index contributed by atoms with van der Waals surface area (Å²) in [4.78, 5) is 6.81. The summed E-state index contributed by atoms with van der Waals surface area (Å²) in [5.41, 5.74) is 0. The van der Waals surface area contributed by atoms with Crippen molar-refractivity contribution < 1.29 is 0 Å². The van der Waals surface area contributed by atoms with E-state index in [9.17, 15) is 0 Å². The van der Waals surface area contributed by atoms with Crippen LogP contribution >= 0.6 is 0 Å². The number of pyridine rings is 1. The highest BCUT2D eigenvalue weighted by Gasteiger charge is 2.25. The first-order valence-electron chi connectivity index (χ1n) is 5.39. The molecule has 0 aromatic carbocycles. The highest BCUT2D eigenvalue weighted by Crippen LogP contribution is 2.26. The monoisotopic (exact) mass is 189 g/mol. The van der Waals surface area contributed by atoms with Crippen molar-refractivity contribution >= 4 is 5.82 Å². The maximum absolute atomic E-state index is 4.40. The Bertz CT molecular complexity index is 274. The summed E-state index contributed by atoms with van der Waals surface area (Å²) >= 11 is 0. The molecule has 1 aliphatic rings. The van der Waals surface area contributed by atoms with Crippen molar-refractivity contribution in [1.82, 2.24) is 4.98 Å². The van der Waals surface area contributed by atoms with Gasteiger partial charge in [0, 0.05) is 18.3 Å². The average molecular weight is 189 g/mol. The lowest BCUT2D eigenvalue weighted by atomic mass is 9.97. The van der Waals surface area contributed by atoms with Gasteiger partial charge in [0.15, 0.2) is 0 Å². The number of hydrogen-bond acceptors (Lipinski definition) is 2. The molecule has 2 heteroatoms. The molecule has 0 amide bonds. The molecule has 1 radical (unpaired) electrons.